The molecule has 0 amide bonds. The van der Waals surface area contributed by atoms with E-state index in [2.05, 4.69) is 15.5 Å². The molecule has 2 aromatic rings. The predicted molar refractivity (Wildman–Crippen MR) is 74.9 cm³/mol. The first-order valence-corrected chi connectivity index (χ1v) is 7.02. The average molecular weight is 281 g/mol. The monoisotopic (exact) mass is 281 g/mol. The van der Waals surface area contributed by atoms with Crippen LogP contribution < -0.4 is 5.32 Å². The molecule has 0 unspecified atom stereocenters. The Morgan fingerprint density at radius 2 is 2.05 bits per heavy atom. The number of halogens is 1. The van der Waals surface area contributed by atoms with E-state index in [0.717, 1.165) is 41.9 Å². The lowest BCUT2D eigenvalue weighted by atomic mass is 10.2. The Balaban J connectivity index is 1.86. The highest BCUT2D eigenvalue weighted by molar-refractivity contribution is 7.18. The molecule has 102 valence electrons. The number of anilines is 1. The molecule has 1 aromatic heterocycles. The molecule has 0 bridgehead atoms. The third-order valence-corrected chi connectivity index (χ3v) is 3.39. The molecule has 1 N–H and O–H groups in total. The van der Waals surface area contributed by atoms with Gasteiger partial charge in [-0.05, 0) is 37.6 Å². The summed E-state index contributed by atoms with van der Waals surface area (Å²) < 4.78 is 18.1. The normalized spacial score (nSPS) is 10.6. The Bertz CT molecular complexity index is 501. The van der Waals surface area contributed by atoms with Crippen LogP contribution in [0, 0.1) is 5.82 Å². The maximum Gasteiger partial charge on any atom is 0.206 e. The lowest BCUT2D eigenvalue weighted by Gasteiger charge is -2.01. The molecule has 2 rings (SSSR count). The lowest BCUT2D eigenvalue weighted by Crippen LogP contribution is -2.05. The fourth-order valence-corrected chi connectivity index (χ4v) is 2.29. The van der Waals surface area contributed by atoms with Crippen molar-refractivity contribution in [3.05, 3.63) is 30.1 Å². The van der Waals surface area contributed by atoms with E-state index in [9.17, 15) is 4.39 Å². The first-order chi connectivity index (χ1) is 9.29. The molecule has 0 aliphatic carbocycles. The van der Waals surface area contributed by atoms with Gasteiger partial charge in [0, 0.05) is 25.3 Å². The zero-order valence-electron chi connectivity index (χ0n) is 10.7. The molecule has 0 atom stereocenters. The summed E-state index contributed by atoms with van der Waals surface area (Å²) >= 11 is 1.46. The summed E-state index contributed by atoms with van der Waals surface area (Å²) in [7, 11) is 0. The van der Waals surface area contributed by atoms with Gasteiger partial charge in [0.05, 0.1) is 0 Å². The van der Waals surface area contributed by atoms with E-state index in [1.54, 1.807) is 12.1 Å². The molecule has 6 heteroatoms. The Morgan fingerprint density at radius 3 is 2.79 bits per heavy atom. The van der Waals surface area contributed by atoms with Crippen molar-refractivity contribution in [3.8, 4) is 10.6 Å². The Kier molecular flexibility index (Phi) is 5.23. The zero-order chi connectivity index (χ0) is 13.5. The number of hydrogen-bond acceptors (Lipinski definition) is 5. The highest BCUT2D eigenvalue weighted by Gasteiger charge is 2.06. The van der Waals surface area contributed by atoms with Crippen molar-refractivity contribution in [2.75, 3.05) is 25.1 Å². The van der Waals surface area contributed by atoms with Crippen LogP contribution in [-0.4, -0.2) is 30.0 Å². The highest BCUT2D eigenvalue weighted by Crippen LogP contribution is 2.26. The second-order valence-electron chi connectivity index (χ2n) is 3.90. The third kappa shape index (κ3) is 4.25. The molecule has 0 spiro atoms. The largest absolute Gasteiger partial charge is 0.382 e. The van der Waals surface area contributed by atoms with Crippen LogP contribution in [0.15, 0.2) is 24.3 Å². The smallest absolute Gasteiger partial charge is 0.206 e. The maximum atomic E-state index is 12.8. The average Bonchev–Trinajstić information content (AvgIpc) is 2.88. The van der Waals surface area contributed by atoms with Crippen molar-refractivity contribution in [3.63, 3.8) is 0 Å². The first kappa shape index (κ1) is 13.9. The molecule has 19 heavy (non-hydrogen) atoms. The Morgan fingerprint density at radius 1 is 1.26 bits per heavy atom. The highest BCUT2D eigenvalue weighted by atomic mass is 32.1. The maximum absolute atomic E-state index is 12.8. The minimum Gasteiger partial charge on any atom is -0.382 e. The van der Waals surface area contributed by atoms with Crippen LogP contribution >= 0.6 is 11.3 Å². The van der Waals surface area contributed by atoms with E-state index in [1.807, 2.05) is 6.92 Å². The van der Waals surface area contributed by atoms with Gasteiger partial charge in [0.25, 0.3) is 0 Å². The summed E-state index contributed by atoms with van der Waals surface area (Å²) in [4.78, 5) is 0. The quantitative estimate of drug-likeness (QED) is 0.792. The second-order valence-corrected chi connectivity index (χ2v) is 4.87. The first-order valence-electron chi connectivity index (χ1n) is 6.20. The van der Waals surface area contributed by atoms with Crippen LogP contribution in [0.2, 0.25) is 0 Å². The lowest BCUT2D eigenvalue weighted by molar-refractivity contribution is 0.147. The molecule has 0 saturated heterocycles. The van der Waals surface area contributed by atoms with Crippen molar-refractivity contribution < 1.29 is 9.13 Å². The number of benzene rings is 1. The standard InChI is InChI=1S/C13H16FN3OS/c1-2-18-9-3-8-15-13-17-16-12(19-13)10-4-6-11(14)7-5-10/h4-7H,2-3,8-9H2,1H3,(H,15,17). The molecule has 0 saturated carbocycles. The van der Waals surface area contributed by atoms with E-state index in [0.29, 0.717) is 0 Å². The molecule has 0 aliphatic rings. The summed E-state index contributed by atoms with van der Waals surface area (Å²) in [5, 5.41) is 12.9. The topological polar surface area (TPSA) is 47.0 Å². The fourth-order valence-electron chi connectivity index (χ4n) is 1.52. The van der Waals surface area contributed by atoms with Gasteiger partial charge in [0.2, 0.25) is 5.13 Å². The van der Waals surface area contributed by atoms with Crippen LogP contribution in [-0.2, 0) is 4.74 Å². The molecule has 0 aliphatic heterocycles. The van der Waals surface area contributed by atoms with Gasteiger partial charge in [-0.3, -0.25) is 0 Å². The number of rotatable bonds is 7. The number of nitrogens with zero attached hydrogens (tertiary/aromatic N) is 2. The van der Waals surface area contributed by atoms with Crippen molar-refractivity contribution in [2.45, 2.75) is 13.3 Å². The van der Waals surface area contributed by atoms with Crippen molar-refractivity contribution in [1.82, 2.24) is 10.2 Å². The molecular formula is C13H16FN3OS. The predicted octanol–water partition coefficient (Wildman–Crippen LogP) is 3.18. The van der Waals surface area contributed by atoms with E-state index in [4.69, 9.17) is 4.74 Å². The summed E-state index contributed by atoms with van der Waals surface area (Å²) in [6, 6.07) is 6.25. The van der Waals surface area contributed by atoms with Crippen molar-refractivity contribution >= 4 is 16.5 Å². The Hall–Kier alpha value is -1.53. The molecular weight excluding hydrogens is 265 g/mol. The summed E-state index contributed by atoms with van der Waals surface area (Å²) in [5.74, 6) is -0.248. The van der Waals surface area contributed by atoms with Gasteiger partial charge in [-0.25, -0.2) is 4.39 Å². The van der Waals surface area contributed by atoms with Crippen molar-refractivity contribution in [2.24, 2.45) is 0 Å². The van der Waals surface area contributed by atoms with Gasteiger partial charge in [-0.1, -0.05) is 11.3 Å². The van der Waals surface area contributed by atoms with Gasteiger partial charge in [0.1, 0.15) is 10.8 Å². The zero-order valence-corrected chi connectivity index (χ0v) is 11.5. The number of ether oxygens (including phenoxy) is 1. The molecule has 1 aromatic carbocycles. The number of aromatic nitrogens is 2. The summed E-state index contributed by atoms with van der Waals surface area (Å²) in [5.41, 5.74) is 0.876. The van der Waals surface area contributed by atoms with Gasteiger partial charge in [-0.2, -0.15) is 0 Å². The van der Waals surface area contributed by atoms with Gasteiger partial charge in [0.15, 0.2) is 0 Å². The van der Waals surface area contributed by atoms with Crippen LogP contribution in [0.1, 0.15) is 13.3 Å². The Labute approximate surface area is 115 Å². The second kappa shape index (κ2) is 7.16. The minimum atomic E-state index is -0.248. The number of hydrogen-bond donors (Lipinski definition) is 1. The van der Waals surface area contributed by atoms with E-state index >= 15 is 0 Å². The third-order valence-electron chi connectivity index (χ3n) is 2.46. The van der Waals surface area contributed by atoms with Crippen LogP contribution in [0.4, 0.5) is 9.52 Å². The van der Waals surface area contributed by atoms with E-state index in [-0.39, 0.29) is 5.82 Å². The molecule has 4 nitrogen and oxygen atoms in total. The fraction of sp³-hybridized carbons (Fsp3) is 0.385. The summed E-state index contributed by atoms with van der Waals surface area (Å²) in [6.45, 7) is 4.27. The molecule has 0 fully saturated rings. The molecule has 1 heterocycles. The summed E-state index contributed by atoms with van der Waals surface area (Å²) in [6.07, 6.45) is 0.930. The van der Waals surface area contributed by atoms with E-state index in [1.165, 1.54) is 23.5 Å². The minimum absolute atomic E-state index is 0.248. The number of nitrogens with one attached hydrogen (secondary N) is 1. The molecule has 0 radical (unpaired) electrons. The van der Waals surface area contributed by atoms with Crippen LogP contribution in [0.5, 0.6) is 0 Å². The van der Waals surface area contributed by atoms with Gasteiger partial charge in [-0.15, -0.1) is 10.2 Å². The van der Waals surface area contributed by atoms with E-state index < -0.39 is 0 Å². The van der Waals surface area contributed by atoms with Crippen LogP contribution in [0.3, 0.4) is 0 Å². The van der Waals surface area contributed by atoms with Crippen LogP contribution in [0.25, 0.3) is 10.6 Å². The van der Waals surface area contributed by atoms with Crippen molar-refractivity contribution in [1.29, 1.82) is 0 Å². The van der Waals surface area contributed by atoms with Gasteiger partial charge < -0.3 is 10.1 Å². The SMILES string of the molecule is CCOCCCNc1nnc(-c2ccc(F)cc2)s1. The van der Waals surface area contributed by atoms with Gasteiger partial charge >= 0.3 is 0 Å².